The summed E-state index contributed by atoms with van der Waals surface area (Å²) in [6, 6.07) is -1.15. The van der Waals surface area contributed by atoms with E-state index in [4.69, 9.17) is 9.05 Å². The molecule has 0 heterocycles. The molecule has 0 aromatic heterocycles. The lowest BCUT2D eigenvalue weighted by molar-refractivity contribution is -0.220. The average Bonchev–Trinajstić information content (AvgIpc) is 3.27. The van der Waals surface area contributed by atoms with Gasteiger partial charge in [-0.1, -0.05) is 239 Å². The van der Waals surface area contributed by atoms with E-state index in [0.29, 0.717) is 19.3 Å². The highest BCUT2D eigenvalue weighted by atomic mass is 31.2. The molecule has 12 nitrogen and oxygen atoms in total. The molecule has 9 atom stereocenters. The van der Waals surface area contributed by atoms with E-state index in [1.165, 1.54) is 180 Å². The molecule has 63 heavy (non-hydrogen) atoms. The minimum Gasteiger partial charge on any atom is -0.862 e. The fraction of sp³-hybridized carbons (Fsp3) is 0.980. The van der Waals surface area contributed by atoms with Gasteiger partial charge in [-0.2, -0.15) is 0 Å². The molecule has 0 saturated heterocycles. The molecule has 7 N–H and O–H groups in total. The van der Waals surface area contributed by atoms with Gasteiger partial charge in [-0.05, 0) is 25.2 Å². The lowest BCUT2D eigenvalue weighted by atomic mass is 9.85. The Bertz CT molecular complexity index is 1090. The first-order chi connectivity index (χ1) is 30.4. The van der Waals surface area contributed by atoms with Crippen LogP contribution in [0.15, 0.2) is 4.99 Å². The highest BCUT2D eigenvalue weighted by Gasteiger charge is 2.51. The van der Waals surface area contributed by atoms with Crippen LogP contribution in [0.25, 0.3) is 0 Å². The number of hydrogen-bond acceptors (Lipinski definition) is 11. The van der Waals surface area contributed by atoms with Crippen molar-refractivity contribution in [1.82, 2.24) is 0 Å². The van der Waals surface area contributed by atoms with E-state index in [9.17, 15) is 45.2 Å². The Morgan fingerprint density at radius 1 is 0.492 bits per heavy atom. The molecule has 0 aromatic carbocycles. The maximum atomic E-state index is 13.0. The van der Waals surface area contributed by atoms with Crippen molar-refractivity contribution in [3.05, 3.63) is 0 Å². The summed E-state index contributed by atoms with van der Waals surface area (Å²) in [6.45, 7) is 3.86. The van der Waals surface area contributed by atoms with Gasteiger partial charge in [0.1, 0.15) is 36.6 Å². The van der Waals surface area contributed by atoms with E-state index >= 15 is 0 Å². The summed E-state index contributed by atoms with van der Waals surface area (Å²) < 4.78 is 23.0. The molecule has 1 aliphatic rings. The highest BCUT2D eigenvalue weighted by Crippen LogP contribution is 2.47. The second-order valence-corrected chi connectivity index (χ2v) is 20.4. The normalized spacial score (nSPS) is 22.7. The van der Waals surface area contributed by atoms with Gasteiger partial charge in [-0.3, -0.25) is 14.0 Å². The van der Waals surface area contributed by atoms with Crippen LogP contribution in [0.1, 0.15) is 258 Å². The summed E-state index contributed by atoms with van der Waals surface area (Å²) in [5.74, 6) is -0.427. The van der Waals surface area contributed by atoms with Crippen LogP contribution in [0.3, 0.4) is 0 Å². The summed E-state index contributed by atoms with van der Waals surface area (Å²) in [7, 11) is -5.07. The molecular formula is C50H99NO11P-. The van der Waals surface area contributed by atoms with Gasteiger partial charge in [0.05, 0.1) is 18.8 Å². The van der Waals surface area contributed by atoms with E-state index in [1.807, 2.05) is 0 Å². The van der Waals surface area contributed by atoms with E-state index < -0.39 is 69.1 Å². The Labute approximate surface area is 385 Å². The number of phosphoric ester groups is 1. The Hall–Kier alpha value is -0.660. The Balaban J connectivity index is 2.37. The maximum absolute atomic E-state index is 13.0. The molecule has 0 aromatic rings. The number of unbranched alkanes of at least 4 members (excludes halogenated alkanes) is 34. The van der Waals surface area contributed by atoms with Crippen molar-refractivity contribution >= 4 is 13.7 Å². The lowest BCUT2D eigenvalue weighted by Gasteiger charge is -2.41. The Kier molecular flexibility index (Phi) is 38.7. The van der Waals surface area contributed by atoms with Crippen LogP contribution >= 0.6 is 7.82 Å². The van der Waals surface area contributed by atoms with Crippen molar-refractivity contribution in [2.75, 3.05) is 6.61 Å². The minimum atomic E-state index is -5.07. The van der Waals surface area contributed by atoms with Gasteiger partial charge in [0.25, 0.3) is 0 Å². The van der Waals surface area contributed by atoms with Crippen molar-refractivity contribution in [1.29, 1.82) is 0 Å². The van der Waals surface area contributed by atoms with Crippen LogP contribution in [0.4, 0.5) is 0 Å². The molecule has 0 bridgehead atoms. The molecule has 0 amide bonds. The van der Waals surface area contributed by atoms with Gasteiger partial charge in [0, 0.05) is 0 Å². The second-order valence-electron chi connectivity index (χ2n) is 19.0. The summed E-state index contributed by atoms with van der Waals surface area (Å²) in [6.07, 6.45) is 32.4. The predicted molar refractivity (Wildman–Crippen MR) is 255 cm³/mol. The van der Waals surface area contributed by atoms with E-state index in [1.54, 1.807) is 0 Å². The third-order valence-electron chi connectivity index (χ3n) is 13.1. The van der Waals surface area contributed by atoms with Gasteiger partial charge in [0.15, 0.2) is 0 Å². The molecule has 1 rings (SSSR count). The van der Waals surface area contributed by atoms with E-state index in [2.05, 4.69) is 18.8 Å². The van der Waals surface area contributed by atoms with E-state index in [0.717, 1.165) is 38.5 Å². The predicted octanol–water partition coefficient (Wildman–Crippen LogP) is 10.7. The Morgan fingerprint density at radius 3 is 1.11 bits per heavy atom. The average molecular weight is 921 g/mol. The summed E-state index contributed by atoms with van der Waals surface area (Å²) in [5.41, 5.74) is 0. The van der Waals surface area contributed by atoms with Crippen molar-refractivity contribution in [3.8, 4) is 0 Å². The first-order valence-corrected chi connectivity index (χ1v) is 27.9. The van der Waals surface area contributed by atoms with E-state index in [-0.39, 0.29) is 6.42 Å². The zero-order valence-corrected chi connectivity index (χ0v) is 41.2. The minimum absolute atomic E-state index is 0.188. The standard InChI is InChI=1S/C50H100NO11P/c1-3-5-7-9-11-13-15-17-18-19-20-21-22-23-24-25-26-28-30-32-34-36-38-40-44(53)51-42(43(52)39-37-35-33-31-29-27-16-14-12-10-8-6-4-2)41-61-63(59,60)62-50-48(57)46(55)45(54)47(56)49(50)58/h42-43,45-50,52,54-58H,3-41H2,1-2H3,(H,51,53)(H,59,60)/p-1/t42-,43+,45?,46-,47+,48+,49+,50?/m0/s1. The molecule has 0 radical (unpaired) electrons. The van der Waals surface area contributed by atoms with Crippen molar-refractivity contribution in [3.63, 3.8) is 0 Å². The van der Waals surface area contributed by atoms with Crippen molar-refractivity contribution in [2.45, 2.75) is 307 Å². The molecule has 3 unspecified atom stereocenters. The zero-order valence-electron chi connectivity index (χ0n) is 40.4. The number of rotatable bonds is 45. The number of phosphoric acid groups is 1. The molecule has 1 aliphatic carbocycles. The number of hydrogen-bond donors (Lipinski definition) is 7. The van der Waals surface area contributed by atoms with Crippen LogP contribution in [0.2, 0.25) is 0 Å². The van der Waals surface area contributed by atoms with Crippen LogP contribution in [-0.2, 0) is 13.6 Å². The molecular weight excluding hydrogens is 822 g/mol. The van der Waals surface area contributed by atoms with Crippen LogP contribution in [-0.4, -0.2) is 96.8 Å². The van der Waals surface area contributed by atoms with Crippen LogP contribution in [0.5, 0.6) is 0 Å². The summed E-state index contributed by atoms with van der Waals surface area (Å²) >= 11 is 0. The van der Waals surface area contributed by atoms with Gasteiger partial charge in [0.2, 0.25) is 0 Å². The topological polar surface area (TPSA) is 213 Å². The SMILES string of the molecule is CCCCCCCCCCCCCCCCCCCCCCCCCC([O-])=N[C@@H](COP(=O)(O)OC1[C@H](O)[C@H](O)C(O)[C@H](O)[C@H]1O)[C@H](O)CCCCCCCCCCCCCCC. The quantitative estimate of drug-likeness (QED) is 0.0132. The molecule has 0 spiro atoms. The largest absolute Gasteiger partial charge is 0.862 e. The van der Waals surface area contributed by atoms with Gasteiger partial charge >= 0.3 is 7.82 Å². The van der Waals surface area contributed by atoms with Crippen molar-refractivity contribution in [2.24, 2.45) is 4.99 Å². The van der Waals surface area contributed by atoms with Gasteiger partial charge < -0.3 is 40.6 Å². The number of aliphatic hydroxyl groups is 6. The molecule has 376 valence electrons. The van der Waals surface area contributed by atoms with Gasteiger partial charge in [-0.15, -0.1) is 0 Å². The maximum Gasteiger partial charge on any atom is 0.472 e. The van der Waals surface area contributed by atoms with Crippen LogP contribution in [0, 0.1) is 0 Å². The number of aliphatic imine (C=N–C) groups is 1. The second kappa shape index (κ2) is 40.4. The molecule has 0 aliphatic heterocycles. The fourth-order valence-corrected chi connectivity index (χ4v) is 9.74. The fourth-order valence-electron chi connectivity index (χ4n) is 8.79. The third-order valence-corrected chi connectivity index (χ3v) is 14.1. The number of aliphatic hydroxyl groups excluding tert-OH is 6. The summed E-state index contributed by atoms with van der Waals surface area (Å²) in [5, 5.41) is 74.4. The first-order valence-electron chi connectivity index (χ1n) is 26.4. The monoisotopic (exact) mass is 921 g/mol. The van der Waals surface area contributed by atoms with Gasteiger partial charge in [-0.25, -0.2) is 4.57 Å². The first kappa shape index (κ1) is 60.4. The summed E-state index contributed by atoms with van der Waals surface area (Å²) in [4.78, 5) is 14.6. The smallest absolute Gasteiger partial charge is 0.472 e. The van der Waals surface area contributed by atoms with Crippen LogP contribution < -0.4 is 5.11 Å². The highest BCUT2D eigenvalue weighted by molar-refractivity contribution is 7.47. The molecule has 1 fully saturated rings. The Morgan fingerprint density at radius 2 is 0.778 bits per heavy atom. The van der Waals surface area contributed by atoms with Crippen molar-refractivity contribution < 1.29 is 54.3 Å². The number of nitrogens with zero attached hydrogens (tertiary/aromatic N) is 1. The molecule has 1 saturated carbocycles. The molecule has 13 heteroatoms. The third kappa shape index (κ3) is 31.9. The lowest BCUT2D eigenvalue weighted by Crippen LogP contribution is -2.64. The zero-order chi connectivity index (χ0) is 46.4.